The predicted octanol–water partition coefficient (Wildman–Crippen LogP) is 2.34. The number of benzene rings is 1. The molecule has 0 saturated heterocycles. The average Bonchev–Trinajstić information content (AvgIpc) is 2.63. The van der Waals surface area contributed by atoms with Crippen molar-refractivity contribution in [3.63, 3.8) is 0 Å². The number of nitrogens with zero attached hydrogens (tertiary/aromatic N) is 2. The molecule has 0 unspecified atom stereocenters. The van der Waals surface area contributed by atoms with E-state index in [0.717, 1.165) is 16.1 Å². The van der Waals surface area contributed by atoms with Gasteiger partial charge in [-0.05, 0) is 19.4 Å². The molecule has 17 heavy (non-hydrogen) atoms. The first-order chi connectivity index (χ1) is 8.13. The highest BCUT2D eigenvalue weighted by atomic mass is 32.1. The van der Waals surface area contributed by atoms with Gasteiger partial charge in [0, 0.05) is 0 Å². The van der Waals surface area contributed by atoms with Crippen LogP contribution in [0.1, 0.15) is 16.1 Å². The number of hydrogen-bond donors (Lipinski definition) is 1. The molecule has 1 N–H and O–H groups in total. The Morgan fingerprint density at radius 1 is 1.35 bits per heavy atom. The van der Waals surface area contributed by atoms with Crippen molar-refractivity contribution in [3.8, 4) is 0 Å². The SMILES string of the molecule is Cc1cccc(CC(=O)Nc2nnc(C)s2)c1. The zero-order valence-electron chi connectivity index (χ0n) is 9.73. The summed E-state index contributed by atoms with van der Waals surface area (Å²) in [5.74, 6) is -0.0632. The van der Waals surface area contributed by atoms with Crippen LogP contribution in [-0.4, -0.2) is 16.1 Å². The van der Waals surface area contributed by atoms with Crippen molar-refractivity contribution in [1.82, 2.24) is 10.2 Å². The van der Waals surface area contributed by atoms with E-state index in [-0.39, 0.29) is 5.91 Å². The molecule has 88 valence electrons. The summed E-state index contributed by atoms with van der Waals surface area (Å²) >= 11 is 1.38. The van der Waals surface area contributed by atoms with Crippen LogP contribution in [0.3, 0.4) is 0 Å². The van der Waals surface area contributed by atoms with Gasteiger partial charge in [0.1, 0.15) is 5.01 Å². The summed E-state index contributed by atoms with van der Waals surface area (Å²) < 4.78 is 0. The van der Waals surface area contributed by atoms with Crippen molar-refractivity contribution < 1.29 is 4.79 Å². The molecule has 1 aromatic carbocycles. The van der Waals surface area contributed by atoms with E-state index < -0.39 is 0 Å². The Hall–Kier alpha value is -1.75. The van der Waals surface area contributed by atoms with Gasteiger partial charge in [0.05, 0.1) is 6.42 Å². The summed E-state index contributed by atoms with van der Waals surface area (Å²) in [6.45, 7) is 3.86. The van der Waals surface area contributed by atoms with Crippen LogP contribution in [0.25, 0.3) is 0 Å². The maximum Gasteiger partial charge on any atom is 0.230 e. The minimum atomic E-state index is -0.0632. The Labute approximate surface area is 104 Å². The summed E-state index contributed by atoms with van der Waals surface area (Å²) in [6, 6.07) is 7.91. The van der Waals surface area contributed by atoms with Gasteiger partial charge in [-0.25, -0.2) is 0 Å². The van der Waals surface area contributed by atoms with Crippen molar-refractivity contribution >= 4 is 22.4 Å². The zero-order valence-corrected chi connectivity index (χ0v) is 10.5. The lowest BCUT2D eigenvalue weighted by Gasteiger charge is -2.02. The van der Waals surface area contributed by atoms with Gasteiger partial charge in [-0.15, -0.1) is 10.2 Å². The molecule has 0 atom stereocenters. The van der Waals surface area contributed by atoms with Gasteiger partial charge in [-0.2, -0.15) is 0 Å². The molecule has 0 aliphatic rings. The molecule has 0 bridgehead atoms. The Morgan fingerprint density at radius 3 is 2.82 bits per heavy atom. The fourth-order valence-corrected chi connectivity index (χ4v) is 2.13. The second kappa shape index (κ2) is 5.05. The lowest BCUT2D eigenvalue weighted by Crippen LogP contribution is -2.14. The molecule has 1 heterocycles. The number of carbonyl (C=O) groups excluding carboxylic acids is 1. The summed E-state index contributed by atoms with van der Waals surface area (Å²) in [5.41, 5.74) is 2.16. The molecule has 0 fully saturated rings. The van der Waals surface area contributed by atoms with E-state index in [1.807, 2.05) is 38.1 Å². The number of aryl methyl sites for hydroxylation is 2. The Bertz CT molecular complexity index is 536. The van der Waals surface area contributed by atoms with Crippen molar-refractivity contribution in [1.29, 1.82) is 0 Å². The number of rotatable bonds is 3. The van der Waals surface area contributed by atoms with Crippen LogP contribution in [-0.2, 0) is 11.2 Å². The fraction of sp³-hybridized carbons (Fsp3) is 0.250. The molecule has 0 spiro atoms. The number of anilines is 1. The largest absolute Gasteiger partial charge is 0.300 e. The maximum atomic E-state index is 11.7. The lowest BCUT2D eigenvalue weighted by atomic mass is 10.1. The summed E-state index contributed by atoms with van der Waals surface area (Å²) in [4.78, 5) is 11.7. The third-order valence-electron chi connectivity index (χ3n) is 2.22. The predicted molar refractivity (Wildman–Crippen MR) is 68.2 cm³/mol. The quantitative estimate of drug-likeness (QED) is 0.905. The molecule has 1 amide bonds. The van der Waals surface area contributed by atoms with E-state index in [1.54, 1.807) is 0 Å². The van der Waals surface area contributed by atoms with Crippen LogP contribution in [0.2, 0.25) is 0 Å². The van der Waals surface area contributed by atoms with Gasteiger partial charge < -0.3 is 5.32 Å². The number of nitrogens with one attached hydrogen (secondary N) is 1. The van der Waals surface area contributed by atoms with Crippen LogP contribution >= 0.6 is 11.3 Å². The first-order valence-electron chi connectivity index (χ1n) is 5.29. The van der Waals surface area contributed by atoms with Crippen molar-refractivity contribution in [3.05, 3.63) is 40.4 Å². The Balaban J connectivity index is 1.98. The smallest absolute Gasteiger partial charge is 0.230 e. The van der Waals surface area contributed by atoms with Gasteiger partial charge in [-0.1, -0.05) is 41.2 Å². The summed E-state index contributed by atoms with van der Waals surface area (Å²) in [7, 11) is 0. The van der Waals surface area contributed by atoms with Gasteiger partial charge in [0.2, 0.25) is 11.0 Å². The normalized spacial score (nSPS) is 10.2. The monoisotopic (exact) mass is 247 g/mol. The molecule has 0 radical (unpaired) electrons. The van der Waals surface area contributed by atoms with Crippen molar-refractivity contribution in [2.24, 2.45) is 0 Å². The molecule has 2 aromatic rings. The number of carbonyl (C=O) groups is 1. The molecule has 0 saturated carbocycles. The van der Waals surface area contributed by atoms with Gasteiger partial charge in [0.15, 0.2) is 0 Å². The molecule has 5 heteroatoms. The van der Waals surface area contributed by atoms with Crippen molar-refractivity contribution in [2.75, 3.05) is 5.32 Å². The van der Waals surface area contributed by atoms with E-state index in [2.05, 4.69) is 15.5 Å². The molecular weight excluding hydrogens is 234 g/mol. The van der Waals surface area contributed by atoms with Crippen LogP contribution in [0.4, 0.5) is 5.13 Å². The highest BCUT2D eigenvalue weighted by Gasteiger charge is 2.07. The van der Waals surface area contributed by atoms with E-state index in [1.165, 1.54) is 11.3 Å². The first kappa shape index (κ1) is 11.7. The second-order valence-electron chi connectivity index (χ2n) is 3.84. The average molecular weight is 247 g/mol. The Morgan fingerprint density at radius 2 is 2.18 bits per heavy atom. The molecular formula is C12H13N3OS. The van der Waals surface area contributed by atoms with E-state index in [4.69, 9.17) is 0 Å². The van der Waals surface area contributed by atoms with Crippen LogP contribution < -0.4 is 5.32 Å². The summed E-state index contributed by atoms with van der Waals surface area (Å²) in [6.07, 6.45) is 0.361. The standard InChI is InChI=1S/C12H13N3OS/c1-8-4-3-5-10(6-8)7-11(16)13-12-15-14-9(2)17-12/h3-6H,7H2,1-2H3,(H,13,15,16). The third-order valence-corrected chi connectivity index (χ3v) is 2.97. The van der Waals surface area contributed by atoms with E-state index in [0.29, 0.717) is 11.6 Å². The highest BCUT2D eigenvalue weighted by molar-refractivity contribution is 7.15. The van der Waals surface area contributed by atoms with Crippen LogP contribution in [0, 0.1) is 13.8 Å². The second-order valence-corrected chi connectivity index (χ2v) is 5.02. The topological polar surface area (TPSA) is 54.9 Å². The third kappa shape index (κ3) is 3.35. The van der Waals surface area contributed by atoms with Gasteiger partial charge in [0.25, 0.3) is 0 Å². The van der Waals surface area contributed by atoms with Crippen molar-refractivity contribution in [2.45, 2.75) is 20.3 Å². The van der Waals surface area contributed by atoms with Crippen LogP contribution in [0.5, 0.6) is 0 Å². The first-order valence-corrected chi connectivity index (χ1v) is 6.10. The minimum absolute atomic E-state index is 0.0632. The molecule has 2 rings (SSSR count). The molecule has 0 aliphatic heterocycles. The van der Waals surface area contributed by atoms with E-state index >= 15 is 0 Å². The fourth-order valence-electron chi connectivity index (χ4n) is 1.52. The lowest BCUT2D eigenvalue weighted by molar-refractivity contribution is -0.115. The van der Waals surface area contributed by atoms with Crippen LogP contribution in [0.15, 0.2) is 24.3 Å². The van der Waals surface area contributed by atoms with Gasteiger partial charge in [-0.3, -0.25) is 4.79 Å². The maximum absolute atomic E-state index is 11.7. The number of hydrogen-bond acceptors (Lipinski definition) is 4. The molecule has 4 nitrogen and oxygen atoms in total. The summed E-state index contributed by atoms with van der Waals surface area (Å²) in [5, 5.41) is 11.8. The van der Waals surface area contributed by atoms with Gasteiger partial charge >= 0.3 is 0 Å². The minimum Gasteiger partial charge on any atom is -0.300 e. The highest BCUT2D eigenvalue weighted by Crippen LogP contribution is 2.14. The molecule has 0 aliphatic carbocycles. The number of aromatic nitrogens is 2. The zero-order chi connectivity index (χ0) is 12.3. The molecule has 1 aromatic heterocycles. The number of amides is 1. The van der Waals surface area contributed by atoms with E-state index in [9.17, 15) is 4.79 Å². The Kier molecular flexibility index (Phi) is 3.49.